The number of H-pyrrole nitrogens is 1. The smallest absolute Gasteiger partial charge is 0.258 e. The van der Waals surface area contributed by atoms with Gasteiger partial charge in [-0.2, -0.15) is 10.1 Å². The lowest BCUT2D eigenvalue weighted by Gasteiger charge is -2.00. The number of aromatic nitrogens is 4. The largest absolute Gasteiger partial charge is 0.369 e. The van der Waals surface area contributed by atoms with Gasteiger partial charge in [0.05, 0.1) is 23.9 Å². The molecule has 0 aliphatic heterocycles. The van der Waals surface area contributed by atoms with Crippen molar-refractivity contribution in [2.24, 2.45) is 0 Å². The Bertz CT molecular complexity index is 914. The molecule has 23 heavy (non-hydrogen) atoms. The number of nitrogens with one attached hydrogen (secondary N) is 1. The standard InChI is InChI=1S/C17H14N4O2/c1-2-5-12(6-3-1)10-22-11-16-19-17(23-21-16)13-7-4-8-15-14(13)9-18-20-15/h1-9H,10-11H2,(H,18,20). The summed E-state index contributed by atoms with van der Waals surface area (Å²) in [7, 11) is 0. The number of nitrogens with zero attached hydrogens (tertiary/aromatic N) is 3. The van der Waals surface area contributed by atoms with Crippen LogP contribution in [-0.2, 0) is 18.0 Å². The Morgan fingerprint density at radius 2 is 1.91 bits per heavy atom. The number of aromatic amines is 1. The first-order valence-electron chi connectivity index (χ1n) is 7.27. The van der Waals surface area contributed by atoms with E-state index >= 15 is 0 Å². The third kappa shape index (κ3) is 2.84. The Labute approximate surface area is 132 Å². The van der Waals surface area contributed by atoms with E-state index < -0.39 is 0 Å². The summed E-state index contributed by atoms with van der Waals surface area (Å²) in [5.41, 5.74) is 2.90. The molecule has 0 saturated carbocycles. The average Bonchev–Trinajstić information content (AvgIpc) is 3.24. The zero-order chi connectivity index (χ0) is 15.5. The van der Waals surface area contributed by atoms with Gasteiger partial charge in [0.2, 0.25) is 0 Å². The summed E-state index contributed by atoms with van der Waals surface area (Å²) >= 11 is 0. The van der Waals surface area contributed by atoms with Crippen LogP contribution in [0.5, 0.6) is 0 Å². The van der Waals surface area contributed by atoms with E-state index in [1.165, 1.54) is 0 Å². The van der Waals surface area contributed by atoms with E-state index in [1.807, 2.05) is 48.5 Å². The van der Waals surface area contributed by atoms with Gasteiger partial charge in [0, 0.05) is 5.39 Å². The van der Waals surface area contributed by atoms with E-state index in [2.05, 4.69) is 20.3 Å². The van der Waals surface area contributed by atoms with Gasteiger partial charge in [0.1, 0.15) is 6.61 Å². The van der Waals surface area contributed by atoms with Crippen molar-refractivity contribution in [1.29, 1.82) is 0 Å². The number of fused-ring (bicyclic) bond motifs is 1. The van der Waals surface area contributed by atoms with Gasteiger partial charge in [0.15, 0.2) is 5.82 Å². The Morgan fingerprint density at radius 1 is 1.00 bits per heavy atom. The fourth-order valence-corrected chi connectivity index (χ4v) is 2.41. The highest BCUT2D eigenvalue weighted by Crippen LogP contribution is 2.26. The van der Waals surface area contributed by atoms with Crippen LogP contribution in [0.2, 0.25) is 0 Å². The molecular weight excluding hydrogens is 292 g/mol. The van der Waals surface area contributed by atoms with Crippen molar-refractivity contribution in [3.8, 4) is 11.5 Å². The van der Waals surface area contributed by atoms with Gasteiger partial charge in [-0.3, -0.25) is 5.10 Å². The maximum absolute atomic E-state index is 5.62. The zero-order valence-corrected chi connectivity index (χ0v) is 12.3. The molecule has 0 bridgehead atoms. The molecule has 6 heteroatoms. The average molecular weight is 306 g/mol. The zero-order valence-electron chi connectivity index (χ0n) is 12.3. The van der Waals surface area contributed by atoms with E-state index in [0.29, 0.717) is 24.9 Å². The second kappa shape index (κ2) is 6.02. The number of hydrogen-bond acceptors (Lipinski definition) is 5. The SMILES string of the molecule is c1ccc(COCc2noc(-c3cccc4[nH]ncc34)n2)cc1. The molecule has 4 rings (SSSR count). The van der Waals surface area contributed by atoms with Crippen molar-refractivity contribution in [3.63, 3.8) is 0 Å². The summed E-state index contributed by atoms with van der Waals surface area (Å²) in [4.78, 5) is 4.40. The van der Waals surface area contributed by atoms with Gasteiger partial charge in [-0.05, 0) is 17.7 Å². The van der Waals surface area contributed by atoms with E-state index in [4.69, 9.17) is 9.26 Å². The minimum atomic E-state index is 0.305. The molecule has 2 aromatic carbocycles. The Balaban J connectivity index is 1.48. The quantitative estimate of drug-likeness (QED) is 0.612. The normalized spacial score (nSPS) is 11.1. The predicted octanol–water partition coefficient (Wildman–Crippen LogP) is 3.33. The van der Waals surface area contributed by atoms with Crippen molar-refractivity contribution in [3.05, 3.63) is 66.1 Å². The minimum Gasteiger partial charge on any atom is -0.369 e. The lowest BCUT2D eigenvalue weighted by Crippen LogP contribution is -1.95. The number of benzene rings is 2. The van der Waals surface area contributed by atoms with Crippen LogP contribution in [0, 0.1) is 0 Å². The molecule has 0 radical (unpaired) electrons. The second-order valence-electron chi connectivity index (χ2n) is 5.13. The molecule has 0 saturated heterocycles. The monoisotopic (exact) mass is 306 g/mol. The van der Waals surface area contributed by atoms with Crippen molar-refractivity contribution < 1.29 is 9.26 Å². The van der Waals surface area contributed by atoms with Crippen LogP contribution in [0.15, 0.2) is 59.3 Å². The van der Waals surface area contributed by atoms with Crippen molar-refractivity contribution in [2.45, 2.75) is 13.2 Å². The van der Waals surface area contributed by atoms with E-state index in [9.17, 15) is 0 Å². The Hall–Kier alpha value is -2.99. The van der Waals surface area contributed by atoms with Gasteiger partial charge < -0.3 is 9.26 Å². The molecule has 4 aromatic rings. The van der Waals surface area contributed by atoms with Gasteiger partial charge in [-0.25, -0.2) is 0 Å². The molecule has 0 atom stereocenters. The third-order valence-corrected chi connectivity index (χ3v) is 3.53. The molecular formula is C17H14N4O2. The molecule has 6 nitrogen and oxygen atoms in total. The highest BCUT2D eigenvalue weighted by Gasteiger charge is 2.12. The minimum absolute atomic E-state index is 0.305. The predicted molar refractivity (Wildman–Crippen MR) is 84.3 cm³/mol. The van der Waals surface area contributed by atoms with Gasteiger partial charge >= 0.3 is 0 Å². The summed E-state index contributed by atoms with van der Waals surface area (Å²) in [5.74, 6) is 0.992. The highest BCUT2D eigenvalue weighted by atomic mass is 16.5. The van der Waals surface area contributed by atoms with Crippen LogP contribution in [0.1, 0.15) is 11.4 Å². The van der Waals surface area contributed by atoms with E-state index in [-0.39, 0.29) is 0 Å². The number of rotatable bonds is 5. The van der Waals surface area contributed by atoms with Crippen LogP contribution >= 0.6 is 0 Å². The Kier molecular flexibility index (Phi) is 3.57. The lowest BCUT2D eigenvalue weighted by molar-refractivity contribution is 0.0999. The fourth-order valence-electron chi connectivity index (χ4n) is 2.41. The van der Waals surface area contributed by atoms with E-state index in [1.54, 1.807) is 6.20 Å². The summed E-state index contributed by atoms with van der Waals surface area (Å²) in [6.07, 6.45) is 1.75. The molecule has 0 amide bonds. The summed E-state index contributed by atoms with van der Waals surface area (Å²) in [5, 5.41) is 11.9. The van der Waals surface area contributed by atoms with Crippen molar-refractivity contribution in [1.82, 2.24) is 20.3 Å². The second-order valence-corrected chi connectivity index (χ2v) is 5.13. The van der Waals surface area contributed by atoms with Crippen molar-refractivity contribution >= 4 is 10.9 Å². The van der Waals surface area contributed by atoms with Gasteiger partial charge in [-0.15, -0.1) is 0 Å². The molecule has 2 aromatic heterocycles. The van der Waals surface area contributed by atoms with Crippen LogP contribution in [-0.4, -0.2) is 20.3 Å². The van der Waals surface area contributed by atoms with Crippen LogP contribution in [0.25, 0.3) is 22.4 Å². The Morgan fingerprint density at radius 3 is 2.83 bits per heavy atom. The molecule has 0 aliphatic rings. The van der Waals surface area contributed by atoms with Crippen molar-refractivity contribution in [2.75, 3.05) is 0 Å². The molecule has 2 heterocycles. The molecule has 114 valence electrons. The maximum atomic E-state index is 5.62. The van der Waals surface area contributed by atoms with Crippen LogP contribution in [0.4, 0.5) is 0 Å². The number of hydrogen-bond donors (Lipinski definition) is 1. The summed E-state index contributed by atoms with van der Waals surface area (Å²) in [6.45, 7) is 0.821. The maximum Gasteiger partial charge on any atom is 0.258 e. The number of ether oxygens (including phenoxy) is 1. The van der Waals surface area contributed by atoms with Crippen LogP contribution in [0.3, 0.4) is 0 Å². The van der Waals surface area contributed by atoms with Gasteiger partial charge in [-0.1, -0.05) is 41.6 Å². The van der Waals surface area contributed by atoms with E-state index in [0.717, 1.165) is 22.0 Å². The topological polar surface area (TPSA) is 76.8 Å². The molecule has 1 N–H and O–H groups in total. The fraction of sp³-hybridized carbons (Fsp3) is 0.118. The third-order valence-electron chi connectivity index (χ3n) is 3.53. The first-order valence-corrected chi connectivity index (χ1v) is 7.27. The van der Waals surface area contributed by atoms with Crippen LogP contribution < -0.4 is 0 Å². The molecule has 0 unspecified atom stereocenters. The molecule has 0 fully saturated rings. The lowest BCUT2D eigenvalue weighted by atomic mass is 10.1. The first-order chi connectivity index (χ1) is 11.4. The summed E-state index contributed by atoms with van der Waals surface area (Å²) in [6, 6.07) is 15.8. The molecule has 0 spiro atoms. The first kappa shape index (κ1) is 13.7. The van der Waals surface area contributed by atoms with Gasteiger partial charge in [0.25, 0.3) is 5.89 Å². The highest BCUT2D eigenvalue weighted by molar-refractivity contribution is 5.91. The summed E-state index contributed by atoms with van der Waals surface area (Å²) < 4.78 is 11.0. The molecule has 0 aliphatic carbocycles.